The smallest absolute Gasteiger partial charge is 0.335 e. The van der Waals surface area contributed by atoms with Crippen LogP contribution in [0, 0.1) is 0 Å². The van der Waals surface area contributed by atoms with Gasteiger partial charge in [0, 0.05) is 22.5 Å². The van der Waals surface area contributed by atoms with Crippen LogP contribution in [0.4, 0.5) is 11.4 Å². The van der Waals surface area contributed by atoms with Gasteiger partial charge in [-0.25, -0.2) is 4.79 Å². The van der Waals surface area contributed by atoms with Crippen molar-refractivity contribution in [2.45, 2.75) is 12.8 Å². The fourth-order valence-electron chi connectivity index (χ4n) is 3.59. The fourth-order valence-corrected chi connectivity index (χ4v) is 3.59. The van der Waals surface area contributed by atoms with Gasteiger partial charge in [-0.05, 0) is 42.5 Å². The molecular formula is C25H20N2O12. The van der Waals surface area contributed by atoms with Gasteiger partial charge in [0.15, 0.2) is 0 Å². The molecule has 0 bridgehead atoms. The summed E-state index contributed by atoms with van der Waals surface area (Å²) in [7, 11) is 0. The number of carboxylic acid groups (broad SMARTS) is 3. The molecule has 0 heterocycles. The Morgan fingerprint density at radius 2 is 0.949 bits per heavy atom. The number of phenols is 4. The summed E-state index contributed by atoms with van der Waals surface area (Å²) in [5, 5.41) is 72.2. The summed E-state index contributed by atoms with van der Waals surface area (Å²) < 4.78 is 0. The molecule has 202 valence electrons. The van der Waals surface area contributed by atoms with Crippen molar-refractivity contribution < 1.29 is 59.7 Å². The lowest BCUT2D eigenvalue weighted by Gasteiger charge is -2.14. The van der Waals surface area contributed by atoms with Crippen LogP contribution in [-0.4, -0.2) is 65.5 Å². The Morgan fingerprint density at radius 3 is 1.28 bits per heavy atom. The van der Waals surface area contributed by atoms with Crippen molar-refractivity contribution in [3.8, 4) is 23.0 Å². The Balaban J connectivity index is 1.95. The number of aromatic carboxylic acids is 1. The summed E-state index contributed by atoms with van der Waals surface area (Å²) in [4.78, 5) is 59.2. The highest BCUT2D eigenvalue weighted by Gasteiger charge is 2.21. The molecule has 3 aromatic rings. The molecule has 14 nitrogen and oxygen atoms in total. The molecule has 2 amide bonds. The molecule has 9 N–H and O–H groups in total. The number of aromatic hydroxyl groups is 4. The highest BCUT2D eigenvalue weighted by molar-refractivity contribution is 6.10. The van der Waals surface area contributed by atoms with Gasteiger partial charge in [0.2, 0.25) is 0 Å². The summed E-state index contributed by atoms with van der Waals surface area (Å²) in [6.45, 7) is 0. The highest BCUT2D eigenvalue weighted by atomic mass is 16.4. The Bertz CT molecular complexity index is 1430. The van der Waals surface area contributed by atoms with E-state index in [0.29, 0.717) is 0 Å². The fraction of sp³-hybridized carbons (Fsp3) is 0.0800. The number of carbonyl (C=O) groups is 5. The number of carboxylic acids is 3. The Morgan fingerprint density at radius 1 is 0.564 bits per heavy atom. The molecule has 14 heteroatoms. The topological polar surface area (TPSA) is 251 Å². The molecular weight excluding hydrogens is 520 g/mol. The number of rotatable bonds is 9. The molecule has 0 aliphatic carbocycles. The normalized spacial score (nSPS) is 10.5. The Labute approximate surface area is 218 Å². The number of benzene rings is 3. The zero-order valence-corrected chi connectivity index (χ0v) is 19.6. The van der Waals surface area contributed by atoms with E-state index in [2.05, 4.69) is 10.6 Å². The third-order valence-electron chi connectivity index (χ3n) is 5.22. The first kappa shape index (κ1) is 27.8. The molecule has 0 fully saturated rings. The molecule has 0 aromatic heterocycles. The number of nitrogens with one attached hydrogen (secondary N) is 2. The molecule has 39 heavy (non-hydrogen) atoms. The zero-order valence-electron chi connectivity index (χ0n) is 19.6. The van der Waals surface area contributed by atoms with Gasteiger partial charge in [-0.1, -0.05) is 0 Å². The number of hydrogen-bond acceptors (Lipinski definition) is 9. The molecule has 0 spiro atoms. The molecule has 0 saturated carbocycles. The maximum absolute atomic E-state index is 12.8. The van der Waals surface area contributed by atoms with Crippen LogP contribution in [0.1, 0.15) is 42.2 Å². The molecule has 0 aliphatic rings. The van der Waals surface area contributed by atoms with Crippen molar-refractivity contribution in [2.75, 3.05) is 10.6 Å². The summed E-state index contributed by atoms with van der Waals surface area (Å²) >= 11 is 0. The lowest BCUT2D eigenvalue weighted by Crippen LogP contribution is -2.16. The van der Waals surface area contributed by atoms with Crippen LogP contribution in [0.15, 0.2) is 42.5 Å². The van der Waals surface area contributed by atoms with Crippen molar-refractivity contribution in [2.24, 2.45) is 0 Å². The molecule has 0 aliphatic heterocycles. The first-order valence-corrected chi connectivity index (χ1v) is 10.8. The maximum Gasteiger partial charge on any atom is 0.335 e. The van der Waals surface area contributed by atoms with Gasteiger partial charge in [0.05, 0.1) is 29.5 Å². The van der Waals surface area contributed by atoms with Crippen LogP contribution >= 0.6 is 0 Å². The van der Waals surface area contributed by atoms with Crippen molar-refractivity contribution in [3.05, 3.63) is 70.3 Å². The van der Waals surface area contributed by atoms with E-state index < -0.39 is 82.3 Å². The zero-order chi connectivity index (χ0) is 29.0. The highest BCUT2D eigenvalue weighted by Crippen LogP contribution is 2.31. The number of amides is 2. The van der Waals surface area contributed by atoms with Gasteiger partial charge < -0.3 is 46.4 Å². The summed E-state index contributed by atoms with van der Waals surface area (Å²) in [5.41, 5.74) is -2.38. The largest absolute Gasteiger partial charge is 0.508 e. The second kappa shape index (κ2) is 11.1. The van der Waals surface area contributed by atoms with E-state index in [-0.39, 0.29) is 22.5 Å². The van der Waals surface area contributed by atoms with Crippen molar-refractivity contribution in [1.29, 1.82) is 0 Å². The number of aliphatic carboxylic acids is 2. The summed E-state index contributed by atoms with van der Waals surface area (Å²) in [5.74, 6) is -8.76. The Kier molecular flexibility index (Phi) is 7.90. The van der Waals surface area contributed by atoms with E-state index in [9.17, 15) is 49.5 Å². The van der Waals surface area contributed by atoms with Crippen LogP contribution in [-0.2, 0) is 22.4 Å². The minimum atomic E-state index is -1.46. The third kappa shape index (κ3) is 6.71. The van der Waals surface area contributed by atoms with Crippen LogP contribution in [0.5, 0.6) is 23.0 Å². The van der Waals surface area contributed by atoms with Crippen LogP contribution in [0.25, 0.3) is 0 Å². The van der Waals surface area contributed by atoms with Crippen molar-refractivity contribution in [3.63, 3.8) is 0 Å². The first-order chi connectivity index (χ1) is 18.2. The molecule has 0 saturated heterocycles. The van der Waals surface area contributed by atoms with Crippen LogP contribution in [0.2, 0.25) is 0 Å². The first-order valence-electron chi connectivity index (χ1n) is 10.8. The number of phenolic OH excluding ortho intramolecular Hbond substituents is 4. The van der Waals surface area contributed by atoms with Crippen molar-refractivity contribution in [1.82, 2.24) is 0 Å². The lowest BCUT2D eigenvalue weighted by molar-refractivity contribution is -0.137. The van der Waals surface area contributed by atoms with E-state index in [0.717, 1.165) is 42.5 Å². The number of carbonyl (C=O) groups excluding carboxylic acids is 2. The van der Waals surface area contributed by atoms with Gasteiger partial charge in [-0.15, -0.1) is 0 Å². The van der Waals surface area contributed by atoms with Gasteiger partial charge in [0.25, 0.3) is 11.8 Å². The predicted molar refractivity (Wildman–Crippen MR) is 132 cm³/mol. The maximum atomic E-state index is 12.8. The van der Waals surface area contributed by atoms with Crippen LogP contribution in [0.3, 0.4) is 0 Å². The van der Waals surface area contributed by atoms with E-state index in [1.807, 2.05) is 0 Å². The number of anilines is 2. The molecule has 0 atom stereocenters. The van der Waals surface area contributed by atoms with E-state index in [1.165, 1.54) is 0 Å². The summed E-state index contributed by atoms with van der Waals surface area (Å²) in [6, 6.07) is 6.75. The third-order valence-corrected chi connectivity index (χ3v) is 5.22. The van der Waals surface area contributed by atoms with Crippen LogP contribution < -0.4 is 10.6 Å². The molecule has 0 radical (unpaired) electrons. The molecule has 3 rings (SSSR count). The average molecular weight is 540 g/mol. The van der Waals surface area contributed by atoms with Gasteiger partial charge in [-0.3, -0.25) is 19.2 Å². The van der Waals surface area contributed by atoms with Gasteiger partial charge >= 0.3 is 17.9 Å². The monoisotopic (exact) mass is 540 g/mol. The quantitative estimate of drug-likeness (QED) is 0.177. The second-order valence-electron chi connectivity index (χ2n) is 8.16. The summed E-state index contributed by atoms with van der Waals surface area (Å²) in [6.07, 6.45) is -1.41. The second-order valence-corrected chi connectivity index (χ2v) is 8.16. The standard InChI is InChI=1S/C25H20N2O12/c28-15-3-10(5-19(30)31)21(34)17(8-15)23(36)26-13-1-12(25(38)39)2-14(7-13)27-24(37)18-9-16(29)4-11(22(18)35)6-20(32)33/h1-4,7-9,28-29,34-35H,5-6H2,(H,26,36)(H,27,37)(H,30,31)(H,32,33)(H,38,39). The number of hydrogen-bond donors (Lipinski definition) is 9. The van der Waals surface area contributed by atoms with E-state index in [4.69, 9.17) is 10.2 Å². The van der Waals surface area contributed by atoms with Gasteiger partial charge in [0.1, 0.15) is 23.0 Å². The molecule has 3 aromatic carbocycles. The SMILES string of the molecule is O=C(O)Cc1cc(O)cc(C(=O)Nc2cc(NC(=O)c3cc(O)cc(CC(=O)O)c3O)cc(C(=O)O)c2)c1O. The van der Waals surface area contributed by atoms with Crippen molar-refractivity contribution >= 4 is 41.1 Å². The molecule has 0 unspecified atom stereocenters. The lowest BCUT2D eigenvalue weighted by atomic mass is 10.0. The minimum absolute atomic E-state index is 0.204. The Hall–Kier alpha value is -5.79. The minimum Gasteiger partial charge on any atom is -0.508 e. The van der Waals surface area contributed by atoms with E-state index in [1.54, 1.807) is 0 Å². The average Bonchev–Trinajstić information content (AvgIpc) is 2.82. The van der Waals surface area contributed by atoms with Gasteiger partial charge in [-0.2, -0.15) is 0 Å². The van der Waals surface area contributed by atoms with E-state index >= 15 is 0 Å². The predicted octanol–water partition coefficient (Wildman–Crippen LogP) is 1.97.